The molecule has 1 aromatic carbocycles. The molecule has 3 heteroatoms. The predicted octanol–water partition coefficient (Wildman–Crippen LogP) is 3.64. The molecule has 0 amide bonds. The molecule has 1 aromatic rings. The van der Waals surface area contributed by atoms with Crippen LogP contribution in [0.25, 0.3) is 0 Å². The molecule has 0 spiro atoms. The van der Waals surface area contributed by atoms with Crippen LogP contribution >= 0.6 is 0 Å². The van der Waals surface area contributed by atoms with E-state index in [1.807, 2.05) is 12.1 Å². The van der Waals surface area contributed by atoms with E-state index in [0.29, 0.717) is 19.1 Å². The number of hydrogen-bond acceptors (Lipinski definition) is 3. The van der Waals surface area contributed by atoms with Crippen molar-refractivity contribution in [2.75, 3.05) is 19.8 Å². The molecule has 1 fully saturated rings. The van der Waals surface area contributed by atoms with Crippen molar-refractivity contribution in [3.05, 3.63) is 29.3 Å². The maximum atomic E-state index is 5.78. The molecule has 0 radical (unpaired) electrons. The summed E-state index contributed by atoms with van der Waals surface area (Å²) < 4.78 is 16.8. The topological polar surface area (TPSA) is 27.7 Å². The first-order valence-electron chi connectivity index (χ1n) is 6.72. The van der Waals surface area contributed by atoms with Crippen LogP contribution in [0.2, 0.25) is 0 Å². The second kappa shape index (κ2) is 6.21. The first-order chi connectivity index (χ1) is 8.72. The Bertz CT molecular complexity index is 381. The first-order valence-corrected chi connectivity index (χ1v) is 6.72. The molecule has 0 saturated carbocycles. The molecule has 0 atom stereocenters. The Morgan fingerprint density at radius 3 is 2.61 bits per heavy atom. The van der Waals surface area contributed by atoms with E-state index in [9.17, 15) is 0 Å². The van der Waals surface area contributed by atoms with E-state index < -0.39 is 0 Å². The molecule has 1 saturated heterocycles. The van der Waals surface area contributed by atoms with Crippen LogP contribution in [-0.4, -0.2) is 19.8 Å². The van der Waals surface area contributed by atoms with Gasteiger partial charge in [0.15, 0.2) is 6.29 Å². The largest absolute Gasteiger partial charge is 0.493 e. The summed E-state index contributed by atoms with van der Waals surface area (Å²) in [5.41, 5.74) is 2.31. The van der Waals surface area contributed by atoms with Gasteiger partial charge in [-0.15, -0.1) is 0 Å². The lowest BCUT2D eigenvalue weighted by molar-refractivity contribution is -0.0441. The minimum Gasteiger partial charge on any atom is -0.493 e. The summed E-state index contributed by atoms with van der Waals surface area (Å²) >= 11 is 0. The molecular weight excluding hydrogens is 228 g/mol. The summed E-state index contributed by atoms with van der Waals surface area (Å²) in [5, 5.41) is 0. The standard InChI is InChI=1S/C15H22O3/c1-4-7-16-14-6-5-12(10-13(14)11(2)3)15-17-8-9-18-15/h5-6,10-11,15H,4,7-9H2,1-3H3. The SMILES string of the molecule is CCCOc1ccc(C2OCCO2)cc1C(C)C. The van der Waals surface area contributed by atoms with Gasteiger partial charge in [-0.3, -0.25) is 0 Å². The Morgan fingerprint density at radius 1 is 1.28 bits per heavy atom. The molecule has 18 heavy (non-hydrogen) atoms. The van der Waals surface area contributed by atoms with Gasteiger partial charge in [-0.1, -0.05) is 26.8 Å². The second-order valence-electron chi connectivity index (χ2n) is 4.87. The van der Waals surface area contributed by atoms with Gasteiger partial charge in [0.1, 0.15) is 5.75 Å². The highest BCUT2D eigenvalue weighted by Crippen LogP contribution is 2.32. The van der Waals surface area contributed by atoms with Gasteiger partial charge in [-0.25, -0.2) is 0 Å². The Hall–Kier alpha value is -1.06. The normalized spacial score (nSPS) is 16.4. The lowest BCUT2D eigenvalue weighted by atomic mass is 9.99. The molecule has 100 valence electrons. The maximum absolute atomic E-state index is 5.78. The van der Waals surface area contributed by atoms with Gasteiger partial charge in [-0.2, -0.15) is 0 Å². The first kappa shape index (κ1) is 13.4. The fourth-order valence-corrected chi connectivity index (χ4v) is 2.06. The van der Waals surface area contributed by atoms with Crippen molar-refractivity contribution in [2.24, 2.45) is 0 Å². The average Bonchev–Trinajstić information content (AvgIpc) is 2.90. The quantitative estimate of drug-likeness (QED) is 0.798. The van der Waals surface area contributed by atoms with E-state index in [2.05, 4.69) is 26.8 Å². The third-order valence-electron chi connectivity index (χ3n) is 3.01. The van der Waals surface area contributed by atoms with Gasteiger partial charge in [-0.05, 0) is 30.0 Å². The summed E-state index contributed by atoms with van der Waals surface area (Å²) in [4.78, 5) is 0. The number of rotatable bonds is 5. The summed E-state index contributed by atoms with van der Waals surface area (Å²) in [6, 6.07) is 6.21. The van der Waals surface area contributed by atoms with E-state index >= 15 is 0 Å². The van der Waals surface area contributed by atoms with E-state index in [1.54, 1.807) is 0 Å². The molecule has 1 heterocycles. The highest BCUT2D eigenvalue weighted by Gasteiger charge is 2.20. The molecule has 0 aromatic heterocycles. The van der Waals surface area contributed by atoms with Crippen LogP contribution in [0.1, 0.15) is 50.5 Å². The van der Waals surface area contributed by atoms with Crippen molar-refractivity contribution >= 4 is 0 Å². The van der Waals surface area contributed by atoms with Gasteiger partial charge in [0, 0.05) is 5.56 Å². The lowest BCUT2D eigenvalue weighted by Crippen LogP contribution is -2.04. The second-order valence-corrected chi connectivity index (χ2v) is 4.87. The Morgan fingerprint density at radius 2 is 2.00 bits per heavy atom. The fourth-order valence-electron chi connectivity index (χ4n) is 2.06. The van der Waals surface area contributed by atoms with Crippen molar-refractivity contribution in [2.45, 2.75) is 39.4 Å². The monoisotopic (exact) mass is 250 g/mol. The smallest absolute Gasteiger partial charge is 0.184 e. The number of ether oxygens (including phenoxy) is 3. The van der Waals surface area contributed by atoms with Crippen molar-refractivity contribution in [1.29, 1.82) is 0 Å². The highest BCUT2D eigenvalue weighted by atomic mass is 16.7. The Labute approximate surface area is 109 Å². The number of hydrogen-bond donors (Lipinski definition) is 0. The van der Waals surface area contributed by atoms with Gasteiger partial charge in [0.2, 0.25) is 0 Å². The van der Waals surface area contributed by atoms with Crippen LogP contribution < -0.4 is 4.74 Å². The van der Waals surface area contributed by atoms with Gasteiger partial charge in [0.05, 0.1) is 19.8 Å². The minimum atomic E-state index is -0.206. The minimum absolute atomic E-state index is 0.206. The molecular formula is C15H22O3. The fraction of sp³-hybridized carbons (Fsp3) is 0.600. The third-order valence-corrected chi connectivity index (χ3v) is 3.01. The molecule has 2 rings (SSSR count). The molecule has 3 nitrogen and oxygen atoms in total. The molecule has 0 aliphatic carbocycles. The molecule has 0 N–H and O–H groups in total. The Balaban J connectivity index is 2.21. The average molecular weight is 250 g/mol. The zero-order chi connectivity index (χ0) is 13.0. The van der Waals surface area contributed by atoms with Crippen molar-refractivity contribution < 1.29 is 14.2 Å². The lowest BCUT2D eigenvalue weighted by Gasteiger charge is -2.17. The van der Waals surface area contributed by atoms with E-state index in [4.69, 9.17) is 14.2 Å². The predicted molar refractivity (Wildman–Crippen MR) is 71.0 cm³/mol. The zero-order valence-corrected chi connectivity index (χ0v) is 11.4. The van der Waals surface area contributed by atoms with Crippen molar-refractivity contribution in [3.63, 3.8) is 0 Å². The molecule has 0 bridgehead atoms. The van der Waals surface area contributed by atoms with E-state index in [-0.39, 0.29) is 6.29 Å². The third kappa shape index (κ3) is 3.03. The number of benzene rings is 1. The maximum Gasteiger partial charge on any atom is 0.184 e. The molecule has 0 unspecified atom stereocenters. The van der Waals surface area contributed by atoms with Crippen molar-refractivity contribution in [3.8, 4) is 5.75 Å². The van der Waals surface area contributed by atoms with Gasteiger partial charge in [0.25, 0.3) is 0 Å². The summed E-state index contributed by atoms with van der Waals surface area (Å²) in [6.07, 6.45) is 0.816. The van der Waals surface area contributed by atoms with E-state index in [0.717, 1.165) is 24.3 Å². The van der Waals surface area contributed by atoms with Crippen LogP contribution in [0.5, 0.6) is 5.75 Å². The molecule has 1 aliphatic heterocycles. The Kier molecular flexibility index (Phi) is 4.61. The summed E-state index contributed by atoms with van der Waals surface area (Å²) in [6.45, 7) is 8.58. The zero-order valence-electron chi connectivity index (χ0n) is 11.4. The van der Waals surface area contributed by atoms with Gasteiger partial charge >= 0.3 is 0 Å². The summed E-state index contributed by atoms with van der Waals surface area (Å²) in [7, 11) is 0. The highest BCUT2D eigenvalue weighted by molar-refractivity contribution is 5.39. The van der Waals surface area contributed by atoms with Crippen LogP contribution in [0.4, 0.5) is 0 Å². The van der Waals surface area contributed by atoms with Crippen LogP contribution in [0.3, 0.4) is 0 Å². The van der Waals surface area contributed by atoms with E-state index in [1.165, 1.54) is 5.56 Å². The molecule has 1 aliphatic rings. The summed E-state index contributed by atoms with van der Waals surface area (Å²) in [5.74, 6) is 1.41. The van der Waals surface area contributed by atoms with Crippen molar-refractivity contribution in [1.82, 2.24) is 0 Å². The van der Waals surface area contributed by atoms with Gasteiger partial charge < -0.3 is 14.2 Å². The van der Waals surface area contributed by atoms with Crippen LogP contribution in [0.15, 0.2) is 18.2 Å². The van der Waals surface area contributed by atoms with Crippen LogP contribution in [-0.2, 0) is 9.47 Å². The van der Waals surface area contributed by atoms with Crippen LogP contribution in [0, 0.1) is 0 Å².